The molecule has 0 radical (unpaired) electrons. The average molecular weight is 475 g/mol. The lowest BCUT2D eigenvalue weighted by Crippen LogP contribution is -2.24. The number of thiophene rings is 1. The highest BCUT2D eigenvalue weighted by Gasteiger charge is 2.19. The van der Waals surface area contributed by atoms with E-state index in [-0.39, 0.29) is 28.2 Å². The molecule has 164 valence electrons. The van der Waals surface area contributed by atoms with Crippen LogP contribution in [0, 0.1) is 6.92 Å². The van der Waals surface area contributed by atoms with E-state index >= 15 is 0 Å². The summed E-state index contributed by atoms with van der Waals surface area (Å²) >= 11 is 2.65. The molecule has 0 fully saturated rings. The van der Waals surface area contributed by atoms with Crippen molar-refractivity contribution in [2.75, 3.05) is 5.75 Å². The fraction of sp³-hybridized carbons (Fsp3) is 0.125. The smallest absolute Gasteiger partial charge is 0.277 e. The molecular formula is C24H18N4O3S2. The Labute approximate surface area is 197 Å². The molecule has 2 aromatic carbocycles. The molecule has 0 N–H and O–H groups in total. The van der Waals surface area contributed by atoms with Gasteiger partial charge in [-0.15, -0.1) is 21.5 Å². The topological polar surface area (TPSA) is 90.9 Å². The van der Waals surface area contributed by atoms with Gasteiger partial charge in [0, 0.05) is 10.3 Å². The first kappa shape index (κ1) is 21.3. The van der Waals surface area contributed by atoms with E-state index < -0.39 is 0 Å². The Morgan fingerprint density at radius 1 is 1.00 bits per heavy atom. The third-order valence-electron chi connectivity index (χ3n) is 4.99. The van der Waals surface area contributed by atoms with E-state index in [2.05, 4.69) is 15.3 Å². The molecule has 0 aliphatic carbocycles. The van der Waals surface area contributed by atoms with E-state index in [1.807, 2.05) is 67.6 Å². The largest absolute Gasteiger partial charge is 0.409 e. The maximum Gasteiger partial charge on any atom is 0.277 e. The van der Waals surface area contributed by atoms with Crippen molar-refractivity contribution >= 4 is 39.7 Å². The molecule has 5 rings (SSSR count). The zero-order valence-electron chi connectivity index (χ0n) is 17.6. The average Bonchev–Trinajstić information content (AvgIpc) is 3.49. The lowest BCUT2D eigenvalue weighted by Gasteiger charge is -2.09. The summed E-state index contributed by atoms with van der Waals surface area (Å²) in [4.78, 5) is 27.2. The summed E-state index contributed by atoms with van der Waals surface area (Å²) in [6.45, 7) is 2.29. The van der Waals surface area contributed by atoms with Gasteiger partial charge in [0.25, 0.3) is 16.7 Å². The number of hydrogen-bond donors (Lipinski definition) is 0. The molecule has 0 saturated heterocycles. The first-order chi connectivity index (χ1) is 16.1. The quantitative estimate of drug-likeness (QED) is 0.246. The maximum absolute atomic E-state index is 13.0. The number of benzene rings is 2. The Morgan fingerprint density at radius 3 is 2.52 bits per heavy atom. The Balaban J connectivity index is 1.46. The second kappa shape index (κ2) is 9.13. The zero-order chi connectivity index (χ0) is 22.8. The van der Waals surface area contributed by atoms with Gasteiger partial charge in [-0.2, -0.15) is 5.10 Å². The SMILES string of the molecule is Cc1ccc(C(=O)CSc2nnc(-c3nn(Cc4ccccc4)c(=O)c4ccccc34)o2)s1. The summed E-state index contributed by atoms with van der Waals surface area (Å²) in [5.41, 5.74) is 1.20. The molecule has 0 aliphatic heterocycles. The van der Waals surface area contributed by atoms with Crippen LogP contribution in [0.4, 0.5) is 0 Å². The minimum absolute atomic E-state index is 0.0119. The van der Waals surface area contributed by atoms with Crippen molar-refractivity contribution in [3.8, 4) is 11.6 Å². The molecule has 3 aromatic heterocycles. The van der Waals surface area contributed by atoms with Crippen molar-refractivity contribution in [3.05, 3.63) is 92.4 Å². The molecular weight excluding hydrogens is 456 g/mol. The number of thioether (sulfide) groups is 1. The number of fused-ring (bicyclic) bond motifs is 1. The predicted molar refractivity (Wildman–Crippen MR) is 129 cm³/mol. The van der Waals surface area contributed by atoms with Gasteiger partial charge in [0.2, 0.25) is 0 Å². The van der Waals surface area contributed by atoms with E-state index in [0.29, 0.717) is 27.9 Å². The normalized spacial score (nSPS) is 11.2. The van der Waals surface area contributed by atoms with Gasteiger partial charge in [0.15, 0.2) is 11.5 Å². The number of aryl methyl sites for hydroxylation is 1. The van der Waals surface area contributed by atoms with Gasteiger partial charge in [-0.05, 0) is 30.7 Å². The second-order valence-corrected chi connectivity index (χ2v) is 9.55. The molecule has 0 saturated carbocycles. The van der Waals surface area contributed by atoms with Crippen molar-refractivity contribution in [2.45, 2.75) is 18.7 Å². The third kappa shape index (κ3) is 4.50. The van der Waals surface area contributed by atoms with Gasteiger partial charge in [0.1, 0.15) is 0 Å². The van der Waals surface area contributed by atoms with E-state index in [9.17, 15) is 9.59 Å². The van der Waals surface area contributed by atoms with Crippen molar-refractivity contribution in [1.29, 1.82) is 0 Å². The highest BCUT2D eigenvalue weighted by Crippen LogP contribution is 2.27. The molecule has 0 amide bonds. The van der Waals surface area contributed by atoms with Crippen molar-refractivity contribution in [3.63, 3.8) is 0 Å². The van der Waals surface area contributed by atoms with Crippen LogP contribution in [-0.2, 0) is 6.54 Å². The van der Waals surface area contributed by atoms with Crippen LogP contribution in [0.1, 0.15) is 20.1 Å². The highest BCUT2D eigenvalue weighted by molar-refractivity contribution is 7.99. The lowest BCUT2D eigenvalue weighted by atomic mass is 10.1. The third-order valence-corrected chi connectivity index (χ3v) is 6.85. The standard InChI is InChI=1S/C24H18N4O3S2/c1-15-11-12-20(33-15)19(29)14-32-24-26-25-22(31-24)21-17-9-5-6-10-18(17)23(30)28(27-21)13-16-7-3-2-4-8-16/h2-12H,13-14H2,1H3. The predicted octanol–water partition coefficient (Wildman–Crippen LogP) is 4.84. The first-order valence-corrected chi connectivity index (χ1v) is 12.0. The molecule has 0 spiro atoms. The monoisotopic (exact) mass is 474 g/mol. The molecule has 0 aliphatic rings. The number of aromatic nitrogens is 4. The number of hydrogen-bond acceptors (Lipinski definition) is 8. The van der Waals surface area contributed by atoms with Crippen molar-refractivity contribution < 1.29 is 9.21 Å². The van der Waals surface area contributed by atoms with Gasteiger partial charge >= 0.3 is 0 Å². The van der Waals surface area contributed by atoms with Gasteiger partial charge < -0.3 is 4.42 Å². The lowest BCUT2D eigenvalue weighted by molar-refractivity contribution is 0.102. The minimum atomic E-state index is -0.191. The number of nitrogens with zero attached hydrogens (tertiary/aromatic N) is 4. The van der Waals surface area contributed by atoms with Crippen molar-refractivity contribution in [2.24, 2.45) is 0 Å². The maximum atomic E-state index is 13.0. The minimum Gasteiger partial charge on any atom is -0.409 e. The Kier molecular flexibility index (Phi) is 5.89. The van der Waals surface area contributed by atoms with Crippen LogP contribution in [0.3, 0.4) is 0 Å². The van der Waals surface area contributed by atoms with Crippen LogP contribution < -0.4 is 5.56 Å². The Bertz CT molecular complexity index is 1510. The van der Waals surface area contributed by atoms with Crippen LogP contribution in [-0.4, -0.2) is 31.5 Å². The van der Waals surface area contributed by atoms with E-state index in [0.717, 1.165) is 10.4 Å². The summed E-state index contributed by atoms with van der Waals surface area (Å²) in [5, 5.41) is 14.2. The molecule has 3 heterocycles. The molecule has 5 aromatic rings. The van der Waals surface area contributed by atoms with Gasteiger partial charge in [-0.3, -0.25) is 9.59 Å². The number of rotatable bonds is 7. The van der Waals surface area contributed by atoms with Gasteiger partial charge in [0.05, 0.1) is 22.6 Å². The highest BCUT2D eigenvalue weighted by atomic mass is 32.2. The molecule has 0 atom stereocenters. The molecule has 33 heavy (non-hydrogen) atoms. The number of carbonyl (C=O) groups excluding carboxylic acids is 1. The Morgan fingerprint density at radius 2 is 1.76 bits per heavy atom. The number of carbonyl (C=O) groups is 1. The summed E-state index contributed by atoms with van der Waals surface area (Å²) in [7, 11) is 0. The molecule has 9 heteroatoms. The summed E-state index contributed by atoms with van der Waals surface area (Å²) < 4.78 is 7.24. The molecule has 0 unspecified atom stereocenters. The molecule has 0 bridgehead atoms. The zero-order valence-corrected chi connectivity index (χ0v) is 19.2. The van der Waals surface area contributed by atoms with Crippen LogP contribution >= 0.6 is 23.1 Å². The van der Waals surface area contributed by atoms with Crippen LogP contribution in [0.2, 0.25) is 0 Å². The van der Waals surface area contributed by atoms with E-state index in [4.69, 9.17) is 4.42 Å². The summed E-state index contributed by atoms with van der Waals surface area (Å²) in [6, 6.07) is 20.6. The summed E-state index contributed by atoms with van der Waals surface area (Å²) in [6.07, 6.45) is 0. The van der Waals surface area contributed by atoms with Gasteiger partial charge in [-0.1, -0.05) is 60.3 Å². The fourth-order valence-corrected chi connectivity index (χ4v) is 4.95. The Hall–Kier alpha value is -3.56. The number of ketones is 1. The second-order valence-electron chi connectivity index (χ2n) is 7.34. The molecule has 7 nitrogen and oxygen atoms in total. The van der Waals surface area contributed by atoms with Crippen LogP contribution in [0.15, 0.2) is 81.2 Å². The fourth-order valence-electron chi connectivity index (χ4n) is 3.40. The van der Waals surface area contributed by atoms with E-state index in [1.54, 1.807) is 6.07 Å². The first-order valence-electron chi connectivity index (χ1n) is 10.2. The van der Waals surface area contributed by atoms with Crippen molar-refractivity contribution in [1.82, 2.24) is 20.0 Å². The summed E-state index contributed by atoms with van der Waals surface area (Å²) in [5.74, 6) is 0.413. The van der Waals surface area contributed by atoms with E-state index in [1.165, 1.54) is 27.8 Å². The van der Waals surface area contributed by atoms with Gasteiger partial charge in [-0.25, -0.2) is 4.68 Å². The van der Waals surface area contributed by atoms with Crippen LogP contribution in [0.25, 0.3) is 22.4 Å². The number of Topliss-reactive ketones (excluding diaryl/α,β-unsaturated/α-hetero) is 1. The van der Waals surface area contributed by atoms with Crippen LogP contribution in [0.5, 0.6) is 0 Å².